The number of halogens is 3. The van der Waals surface area contributed by atoms with Crippen LogP contribution in [0.4, 0.5) is 13.2 Å². The highest BCUT2D eigenvalue weighted by molar-refractivity contribution is 5.94. The highest BCUT2D eigenvalue weighted by Crippen LogP contribution is 2.52. The summed E-state index contributed by atoms with van der Waals surface area (Å²) in [7, 11) is 0. The van der Waals surface area contributed by atoms with Crippen molar-refractivity contribution in [3.05, 3.63) is 47.5 Å². The Balaban J connectivity index is 1.84. The Morgan fingerprint density at radius 1 is 1.26 bits per heavy atom. The number of rotatable bonds is 6. The highest BCUT2D eigenvalue weighted by Gasteiger charge is 2.54. The molecule has 3 aromatic rings. The Labute approximate surface area is 176 Å². The maximum atomic E-state index is 13.4. The number of aromatic nitrogens is 3. The van der Waals surface area contributed by atoms with Crippen LogP contribution in [0.5, 0.6) is 5.75 Å². The Bertz CT molecular complexity index is 1150. The minimum absolute atomic E-state index is 0.0139. The summed E-state index contributed by atoms with van der Waals surface area (Å²) in [6.45, 7) is 5.56. The minimum Gasteiger partial charge on any atom is -0.492 e. The summed E-state index contributed by atoms with van der Waals surface area (Å²) in [6, 6.07) is 6.87. The van der Waals surface area contributed by atoms with Crippen LogP contribution in [0.2, 0.25) is 0 Å². The maximum absolute atomic E-state index is 13.4. The highest BCUT2D eigenvalue weighted by atomic mass is 19.3. The zero-order valence-corrected chi connectivity index (χ0v) is 17.3. The maximum Gasteiger partial charge on any atom is 0.354 e. The largest absolute Gasteiger partial charge is 0.492 e. The molecule has 1 aromatic carbocycles. The Hall–Kier alpha value is -3.10. The van der Waals surface area contributed by atoms with E-state index in [1.165, 1.54) is 35.0 Å². The summed E-state index contributed by atoms with van der Waals surface area (Å²) in [6.07, 6.45) is -0.572. The van der Waals surface area contributed by atoms with Crippen molar-refractivity contribution in [2.45, 2.75) is 45.5 Å². The van der Waals surface area contributed by atoms with Crippen LogP contribution in [0.25, 0.3) is 16.7 Å². The van der Waals surface area contributed by atoms with E-state index in [2.05, 4.69) is 10.1 Å². The lowest BCUT2D eigenvalue weighted by molar-refractivity contribution is -0.164. The van der Waals surface area contributed by atoms with Crippen molar-refractivity contribution in [3.63, 3.8) is 0 Å². The first-order valence-electron chi connectivity index (χ1n) is 9.92. The van der Waals surface area contributed by atoms with E-state index < -0.39 is 23.1 Å². The summed E-state index contributed by atoms with van der Waals surface area (Å²) < 4.78 is 47.5. The SMILES string of the molecule is CC(C)c1nn(-c2ccc(F)cc2)c2nc(C(=O)O)cc(OCC3(C)CC(F)(F)C3)c12. The van der Waals surface area contributed by atoms with Crippen molar-refractivity contribution in [3.8, 4) is 11.4 Å². The second-order valence-electron chi connectivity index (χ2n) is 8.75. The molecule has 0 aliphatic heterocycles. The number of alkyl halides is 2. The molecule has 1 aliphatic rings. The molecule has 2 aromatic heterocycles. The Morgan fingerprint density at radius 2 is 1.90 bits per heavy atom. The molecule has 0 bridgehead atoms. The number of ether oxygens (including phenoxy) is 1. The molecule has 1 fully saturated rings. The third-order valence-electron chi connectivity index (χ3n) is 5.41. The number of fused-ring (bicyclic) bond motifs is 1. The third kappa shape index (κ3) is 3.96. The summed E-state index contributed by atoms with van der Waals surface area (Å²) in [4.78, 5) is 15.9. The van der Waals surface area contributed by atoms with Gasteiger partial charge in [-0.15, -0.1) is 0 Å². The van der Waals surface area contributed by atoms with Crippen LogP contribution < -0.4 is 4.74 Å². The molecule has 9 heteroatoms. The first kappa shape index (κ1) is 21.1. The van der Waals surface area contributed by atoms with Crippen molar-refractivity contribution < 1.29 is 27.8 Å². The van der Waals surface area contributed by atoms with Gasteiger partial charge < -0.3 is 9.84 Å². The summed E-state index contributed by atoms with van der Waals surface area (Å²) in [5, 5.41) is 14.6. The van der Waals surface area contributed by atoms with Crippen LogP contribution in [0.3, 0.4) is 0 Å². The van der Waals surface area contributed by atoms with Crippen LogP contribution in [0, 0.1) is 11.2 Å². The molecule has 0 atom stereocenters. The van der Waals surface area contributed by atoms with E-state index in [-0.39, 0.29) is 42.5 Å². The van der Waals surface area contributed by atoms with Gasteiger partial charge in [0, 0.05) is 24.3 Å². The van der Waals surface area contributed by atoms with E-state index >= 15 is 0 Å². The molecule has 6 nitrogen and oxygen atoms in total. The lowest BCUT2D eigenvalue weighted by atomic mass is 9.68. The number of carbonyl (C=O) groups is 1. The van der Waals surface area contributed by atoms with Gasteiger partial charge >= 0.3 is 5.97 Å². The van der Waals surface area contributed by atoms with E-state index in [4.69, 9.17) is 4.74 Å². The van der Waals surface area contributed by atoms with Gasteiger partial charge in [-0.1, -0.05) is 20.8 Å². The monoisotopic (exact) mass is 433 g/mol. The second kappa shape index (κ2) is 7.25. The van der Waals surface area contributed by atoms with Gasteiger partial charge in [-0.05, 0) is 30.2 Å². The number of benzene rings is 1. The quantitative estimate of drug-likeness (QED) is 0.579. The average Bonchev–Trinajstić information content (AvgIpc) is 3.05. The van der Waals surface area contributed by atoms with Gasteiger partial charge in [-0.25, -0.2) is 27.6 Å². The molecule has 2 heterocycles. The molecule has 164 valence electrons. The number of aromatic carboxylic acids is 1. The fraction of sp³-hybridized carbons (Fsp3) is 0.409. The average molecular weight is 433 g/mol. The van der Waals surface area contributed by atoms with Crippen LogP contribution >= 0.6 is 0 Å². The normalized spacial score (nSPS) is 17.0. The van der Waals surface area contributed by atoms with Gasteiger partial charge in [-0.3, -0.25) is 0 Å². The van der Waals surface area contributed by atoms with Crippen LogP contribution in [-0.2, 0) is 0 Å². The molecule has 0 saturated heterocycles. The predicted molar refractivity (Wildman–Crippen MR) is 108 cm³/mol. The van der Waals surface area contributed by atoms with Crippen molar-refractivity contribution in [1.82, 2.24) is 14.8 Å². The number of nitrogens with zero attached hydrogens (tertiary/aromatic N) is 3. The Morgan fingerprint density at radius 3 is 2.45 bits per heavy atom. The first-order valence-corrected chi connectivity index (χ1v) is 9.92. The lowest BCUT2D eigenvalue weighted by Gasteiger charge is -2.44. The first-order chi connectivity index (χ1) is 14.5. The van der Waals surface area contributed by atoms with E-state index in [9.17, 15) is 23.1 Å². The molecule has 0 spiro atoms. The van der Waals surface area contributed by atoms with E-state index in [1.54, 1.807) is 6.92 Å². The van der Waals surface area contributed by atoms with Crippen LogP contribution in [-0.4, -0.2) is 38.4 Å². The lowest BCUT2D eigenvalue weighted by Crippen LogP contribution is -2.47. The molecule has 31 heavy (non-hydrogen) atoms. The van der Waals surface area contributed by atoms with E-state index in [0.717, 1.165) is 0 Å². The standard InChI is InChI=1S/C22H22F3N3O3/c1-12(2)18-17-16(31-11-21(3)9-22(24,25)10-21)8-15(20(29)30)26-19(17)28(27-18)14-6-4-13(23)5-7-14/h4-8,12H,9-11H2,1-3H3,(H,29,30). The third-order valence-corrected chi connectivity index (χ3v) is 5.41. The zero-order valence-electron chi connectivity index (χ0n) is 17.3. The van der Waals surface area contributed by atoms with Crippen LogP contribution in [0.15, 0.2) is 30.3 Å². The van der Waals surface area contributed by atoms with E-state index in [0.29, 0.717) is 16.8 Å². The molecule has 4 rings (SSSR count). The molecule has 1 aliphatic carbocycles. The number of pyridine rings is 1. The minimum atomic E-state index is -2.70. The molecule has 0 amide bonds. The molecule has 0 unspecified atom stereocenters. The van der Waals surface area contributed by atoms with Gasteiger partial charge in [0.1, 0.15) is 11.6 Å². The number of hydrogen-bond acceptors (Lipinski definition) is 4. The van der Waals surface area contributed by atoms with E-state index in [1.807, 2.05) is 13.8 Å². The van der Waals surface area contributed by atoms with Gasteiger partial charge in [-0.2, -0.15) is 5.10 Å². The molecule has 0 radical (unpaired) electrons. The summed E-state index contributed by atoms with van der Waals surface area (Å²) in [5.74, 6) is -4.21. The van der Waals surface area contributed by atoms with Gasteiger partial charge in [0.2, 0.25) is 5.92 Å². The van der Waals surface area contributed by atoms with Crippen molar-refractivity contribution >= 4 is 17.0 Å². The molecule has 1 N–H and O–H groups in total. The molecular weight excluding hydrogens is 411 g/mol. The fourth-order valence-electron chi connectivity index (χ4n) is 4.05. The topological polar surface area (TPSA) is 77.2 Å². The number of carboxylic acid groups (broad SMARTS) is 1. The van der Waals surface area contributed by atoms with Crippen molar-refractivity contribution in [2.75, 3.05) is 6.61 Å². The smallest absolute Gasteiger partial charge is 0.354 e. The van der Waals surface area contributed by atoms with Gasteiger partial charge in [0.05, 0.1) is 23.4 Å². The Kier molecular flexibility index (Phi) is 4.94. The van der Waals surface area contributed by atoms with Crippen LogP contribution in [0.1, 0.15) is 55.7 Å². The summed E-state index contributed by atoms with van der Waals surface area (Å²) in [5.41, 5.74) is 0.403. The number of carboxylic acids is 1. The van der Waals surface area contributed by atoms with Gasteiger partial charge in [0.25, 0.3) is 0 Å². The molecule has 1 saturated carbocycles. The second-order valence-corrected chi connectivity index (χ2v) is 8.75. The van der Waals surface area contributed by atoms with Crippen molar-refractivity contribution in [2.24, 2.45) is 5.41 Å². The predicted octanol–water partition coefficient (Wildman–Crippen LogP) is 5.20. The fourth-order valence-corrected chi connectivity index (χ4v) is 4.05. The number of hydrogen-bond donors (Lipinski definition) is 1. The zero-order chi connectivity index (χ0) is 22.6. The molecular formula is C22H22F3N3O3. The summed E-state index contributed by atoms with van der Waals surface area (Å²) >= 11 is 0. The van der Waals surface area contributed by atoms with Crippen molar-refractivity contribution in [1.29, 1.82) is 0 Å². The van der Waals surface area contributed by atoms with Gasteiger partial charge in [0.15, 0.2) is 11.3 Å².